The third kappa shape index (κ3) is 4.89. The molecule has 1 aliphatic carbocycles. The SMILES string of the molecule is CC(C)(OC(=O)NCc1ccccc1)c1cc(OC2C3CNCC32)nc(-c2ccc(F)cc2)c1. The predicted molar refractivity (Wildman–Crippen MR) is 127 cm³/mol. The summed E-state index contributed by atoms with van der Waals surface area (Å²) in [6.07, 6.45) is -0.373. The fourth-order valence-corrected chi connectivity index (χ4v) is 4.45. The molecule has 6 nitrogen and oxygen atoms in total. The number of amides is 1. The summed E-state index contributed by atoms with van der Waals surface area (Å²) in [4.78, 5) is 17.3. The number of piperidine rings is 1. The molecule has 0 spiro atoms. The molecule has 1 saturated heterocycles. The number of aromatic nitrogens is 1. The van der Waals surface area contributed by atoms with E-state index in [1.54, 1.807) is 12.1 Å². The number of carbonyl (C=O) groups is 1. The Labute approximate surface area is 198 Å². The first-order valence-corrected chi connectivity index (χ1v) is 11.6. The summed E-state index contributed by atoms with van der Waals surface area (Å²) in [5.74, 6) is 1.19. The van der Waals surface area contributed by atoms with Crippen molar-refractivity contribution in [2.75, 3.05) is 13.1 Å². The lowest BCUT2D eigenvalue weighted by molar-refractivity contribution is 0.0358. The summed E-state index contributed by atoms with van der Waals surface area (Å²) in [5, 5.41) is 6.16. The first-order chi connectivity index (χ1) is 16.4. The highest BCUT2D eigenvalue weighted by molar-refractivity contribution is 5.68. The molecule has 2 N–H and O–H groups in total. The minimum atomic E-state index is -0.947. The molecule has 2 aliphatic rings. The minimum absolute atomic E-state index is 0.142. The van der Waals surface area contributed by atoms with Gasteiger partial charge in [-0.3, -0.25) is 0 Å². The zero-order chi connectivity index (χ0) is 23.7. The molecule has 1 aromatic heterocycles. The normalized spacial score (nSPS) is 21.0. The molecule has 2 atom stereocenters. The van der Waals surface area contributed by atoms with Gasteiger partial charge in [0.2, 0.25) is 5.88 Å². The van der Waals surface area contributed by atoms with Crippen LogP contribution in [0.5, 0.6) is 5.88 Å². The minimum Gasteiger partial charge on any atom is -0.474 e. The Bertz CT molecular complexity index is 1160. The molecule has 1 amide bonds. The Morgan fingerprint density at radius 2 is 1.79 bits per heavy atom. The highest BCUT2D eigenvalue weighted by Crippen LogP contribution is 2.45. The maximum Gasteiger partial charge on any atom is 0.408 e. The van der Waals surface area contributed by atoms with E-state index in [1.165, 1.54) is 12.1 Å². The van der Waals surface area contributed by atoms with Gasteiger partial charge in [-0.25, -0.2) is 14.2 Å². The number of rotatable bonds is 7. The molecule has 2 heterocycles. The summed E-state index contributed by atoms with van der Waals surface area (Å²) in [6.45, 7) is 5.95. The fraction of sp³-hybridized carbons (Fsp3) is 0.333. The van der Waals surface area contributed by atoms with Crippen LogP contribution in [-0.2, 0) is 16.9 Å². The largest absolute Gasteiger partial charge is 0.474 e. The molecule has 2 fully saturated rings. The van der Waals surface area contributed by atoms with Gasteiger partial charge in [0, 0.05) is 48.7 Å². The second kappa shape index (κ2) is 9.06. The van der Waals surface area contributed by atoms with E-state index in [9.17, 15) is 9.18 Å². The zero-order valence-corrected chi connectivity index (χ0v) is 19.3. The average Bonchev–Trinajstić information content (AvgIpc) is 3.23. The third-order valence-electron chi connectivity index (χ3n) is 6.53. The van der Waals surface area contributed by atoms with Gasteiger partial charge in [0.1, 0.15) is 17.5 Å². The van der Waals surface area contributed by atoms with Gasteiger partial charge in [-0.05, 0) is 49.7 Å². The molecule has 176 valence electrons. The lowest BCUT2D eigenvalue weighted by atomic mass is 9.96. The van der Waals surface area contributed by atoms with Crippen molar-refractivity contribution in [3.63, 3.8) is 0 Å². The number of alkyl carbamates (subject to hydrolysis) is 1. The number of carbonyl (C=O) groups excluding carboxylic acids is 1. The molecule has 0 radical (unpaired) electrons. The van der Waals surface area contributed by atoms with E-state index in [0.29, 0.717) is 30.0 Å². The molecule has 5 rings (SSSR count). The van der Waals surface area contributed by atoms with Gasteiger partial charge in [-0.15, -0.1) is 0 Å². The Morgan fingerprint density at radius 1 is 1.09 bits per heavy atom. The molecule has 7 heteroatoms. The fourth-order valence-electron chi connectivity index (χ4n) is 4.45. The van der Waals surface area contributed by atoms with Crippen LogP contribution in [0.2, 0.25) is 0 Å². The van der Waals surface area contributed by atoms with Crippen LogP contribution in [0.4, 0.5) is 9.18 Å². The zero-order valence-electron chi connectivity index (χ0n) is 19.3. The van der Waals surface area contributed by atoms with Crippen molar-refractivity contribution in [1.29, 1.82) is 0 Å². The van der Waals surface area contributed by atoms with Crippen molar-refractivity contribution < 1.29 is 18.7 Å². The second-order valence-electron chi connectivity index (χ2n) is 9.39. The first kappa shape index (κ1) is 22.3. The van der Waals surface area contributed by atoms with Crippen LogP contribution in [0.1, 0.15) is 25.0 Å². The lowest BCUT2D eigenvalue weighted by Gasteiger charge is -2.27. The Kier molecular flexibility index (Phi) is 5.96. The number of hydrogen-bond acceptors (Lipinski definition) is 5. The standard InChI is InChI=1S/C27H28FN3O3/c1-27(2,34-26(32)30-14-17-6-4-3-5-7-17)19-12-23(18-8-10-20(28)11-9-18)31-24(13-19)33-25-21-15-29-16-22(21)25/h3-13,21-22,25,29H,14-16H2,1-2H3,(H,30,32). The van der Waals surface area contributed by atoms with Crippen molar-refractivity contribution in [1.82, 2.24) is 15.6 Å². The van der Waals surface area contributed by atoms with E-state index in [0.717, 1.165) is 29.8 Å². The number of nitrogens with one attached hydrogen (secondary N) is 2. The number of halogens is 1. The molecule has 3 aromatic rings. The van der Waals surface area contributed by atoms with E-state index in [1.807, 2.05) is 56.3 Å². The maximum atomic E-state index is 13.5. The van der Waals surface area contributed by atoms with Gasteiger partial charge >= 0.3 is 6.09 Å². The average molecular weight is 462 g/mol. The number of fused-ring (bicyclic) bond motifs is 1. The number of pyridine rings is 1. The second-order valence-corrected chi connectivity index (χ2v) is 9.39. The van der Waals surface area contributed by atoms with Crippen LogP contribution in [0, 0.1) is 17.7 Å². The Hall–Kier alpha value is -3.45. The van der Waals surface area contributed by atoms with Crippen molar-refractivity contribution in [3.8, 4) is 17.1 Å². The van der Waals surface area contributed by atoms with Gasteiger partial charge in [-0.1, -0.05) is 30.3 Å². The Morgan fingerprint density at radius 3 is 2.50 bits per heavy atom. The van der Waals surface area contributed by atoms with Gasteiger partial charge in [0.05, 0.1) is 5.69 Å². The highest BCUT2D eigenvalue weighted by Gasteiger charge is 2.55. The van der Waals surface area contributed by atoms with Crippen LogP contribution in [-0.4, -0.2) is 30.3 Å². The summed E-state index contributed by atoms with van der Waals surface area (Å²) >= 11 is 0. The topological polar surface area (TPSA) is 72.5 Å². The van der Waals surface area contributed by atoms with Crippen molar-refractivity contribution >= 4 is 6.09 Å². The molecule has 2 unspecified atom stereocenters. The highest BCUT2D eigenvalue weighted by atomic mass is 19.1. The number of nitrogens with zero attached hydrogens (tertiary/aromatic N) is 1. The summed E-state index contributed by atoms with van der Waals surface area (Å²) in [5.41, 5.74) is 2.18. The predicted octanol–water partition coefficient (Wildman–Crippen LogP) is 4.65. The number of ether oxygens (including phenoxy) is 2. The number of hydrogen-bond donors (Lipinski definition) is 2. The van der Waals surface area contributed by atoms with E-state index < -0.39 is 11.7 Å². The van der Waals surface area contributed by atoms with Crippen molar-refractivity contribution in [3.05, 3.63) is 83.7 Å². The van der Waals surface area contributed by atoms with E-state index >= 15 is 0 Å². The van der Waals surface area contributed by atoms with Gasteiger partial charge < -0.3 is 20.1 Å². The van der Waals surface area contributed by atoms with E-state index in [4.69, 9.17) is 9.47 Å². The first-order valence-electron chi connectivity index (χ1n) is 11.6. The lowest BCUT2D eigenvalue weighted by Crippen LogP contribution is -2.33. The van der Waals surface area contributed by atoms with Crippen molar-refractivity contribution in [2.45, 2.75) is 32.1 Å². The smallest absolute Gasteiger partial charge is 0.408 e. The monoisotopic (exact) mass is 461 g/mol. The number of benzene rings is 2. The van der Waals surface area contributed by atoms with Crippen LogP contribution in [0.25, 0.3) is 11.3 Å². The van der Waals surface area contributed by atoms with E-state index in [2.05, 4.69) is 15.6 Å². The van der Waals surface area contributed by atoms with Crippen LogP contribution in [0.15, 0.2) is 66.7 Å². The quantitative estimate of drug-likeness (QED) is 0.536. The molecule has 0 bridgehead atoms. The van der Waals surface area contributed by atoms with Crippen LogP contribution < -0.4 is 15.4 Å². The Balaban J connectivity index is 1.36. The van der Waals surface area contributed by atoms with E-state index in [-0.39, 0.29) is 11.9 Å². The summed E-state index contributed by atoms with van der Waals surface area (Å²) < 4.78 is 25.5. The van der Waals surface area contributed by atoms with Crippen molar-refractivity contribution in [2.24, 2.45) is 11.8 Å². The summed E-state index contributed by atoms with van der Waals surface area (Å²) in [7, 11) is 0. The molecule has 1 aliphatic heterocycles. The molecular weight excluding hydrogens is 433 g/mol. The van der Waals surface area contributed by atoms with Gasteiger partial charge in [-0.2, -0.15) is 0 Å². The molecular formula is C27H28FN3O3. The third-order valence-corrected chi connectivity index (χ3v) is 6.53. The summed E-state index contributed by atoms with van der Waals surface area (Å²) in [6, 6.07) is 19.5. The van der Waals surface area contributed by atoms with Crippen LogP contribution in [0.3, 0.4) is 0 Å². The molecule has 1 saturated carbocycles. The van der Waals surface area contributed by atoms with Crippen LogP contribution >= 0.6 is 0 Å². The van der Waals surface area contributed by atoms with Gasteiger partial charge in [0.25, 0.3) is 0 Å². The van der Waals surface area contributed by atoms with Gasteiger partial charge in [0.15, 0.2) is 0 Å². The maximum absolute atomic E-state index is 13.5. The molecule has 2 aromatic carbocycles. The molecule has 34 heavy (non-hydrogen) atoms.